The second-order valence-corrected chi connectivity index (χ2v) is 6.42. The number of hydrogen-bond donors (Lipinski definition) is 1. The molecule has 0 bridgehead atoms. The zero-order valence-corrected chi connectivity index (χ0v) is 13.9. The number of nitrogens with zero attached hydrogens (tertiary/aromatic N) is 1. The molecule has 5 heteroatoms. The van der Waals surface area contributed by atoms with Gasteiger partial charge in [-0.3, -0.25) is 0 Å². The number of allylic oxidation sites excluding steroid dienone is 1. The molecule has 5 rings (SSSR count). The van der Waals surface area contributed by atoms with Crippen LogP contribution in [0.25, 0.3) is 22.6 Å². The predicted octanol–water partition coefficient (Wildman–Crippen LogP) is 4.15. The number of aromatic nitrogens is 1. The van der Waals surface area contributed by atoms with Crippen molar-refractivity contribution in [2.24, 2.45) is 0 Å². The molecule has 2 aromatic carbocycles. The summed E-state index contributed by atoms with van der Waals surface area (Å²) in [7, 11) is 0. The lowest BCUT2D eigenvalue weighted by atomic mass is 10.0. The molecule has 1 N–H and O–H groups in total. The Morgan fingerprint density at radius 2 is 1.92 bits per heavy atom. The minimum absolute atomic E-state index is 0.244. The molecular formula is C21H15NO4. The summed E-state index contributed by atoms with van der Waals surface area (Å²) in [4.78, 5) is 16.7. The minimum atomic E-state index is -0.899. The van der Waals surface area contributed by atoms with E-state index in [9.17, 15) is 9.90 Å². The van der Waals surface area contributed by atoms with Crippen molar-refractivity contribution in [2.45, 2.75) is 12.8 Å². The third kappa shape index (κ3) is 2.24. The van der Waals surface area contributed by atoms with E-state index >= 15 is 0 Å². The summed E-state index contributed by atoms with van der Waals surface area (Å²) in [5.74, 6) is 0.579. The fourth-order valence-electron chi connectivity index (χ4n) is 3.73. The van der Waals surface area contributed by atoms with E-state index in [1.165, 1.54) is 0 Å². The van der Waals surface area contributed by atoms with Crippen LogP contribution in [0.1, 0.15) is 33.6 Å². The Hall–Kier alpha value is -3.34. The summed E-state index contributed by atoms with van der Waals surface area (Å²) in [5.41, 5.74) is 4.74. The molecule has 0 saturated carbocycles. The van der Waals surface area contributed by atoms with E-state index < -0.39 is 5.97 Å². The van der Waals surface area contributed by atoms with Crippen LogP contribution in [0.5, 0.6) is 11.5 Å². The van der Waals surface area contributed by atoms with Gasteiger partial charge in [0.25, 0.3) is 0 Å². The number of ether oxygens (including phenoxy) is 2. The van der Waals surface area contributed by atoms with Crippen molar-refractivity contribution in [3.05, 3.63) is 64.8 Å². The molecule has 26 heavy (non-hydrogen) atoms. The number of carboxylic acid groups (broad SMARTS) is 1. The van der Waals surface area contributed by atoms with Crippen molar-refractivity contribution in [2.75, 3.05) is 6.79 Å². The molecule has 5 nitrogen and oxygen atoms in total. The van der Waals surface area contributed by atoms with E-state index in [0.29, 0.717) is 22.9 Å². The monoisotopic (exact) mass is 345 g/mol. The number of aromatic carboxylic acids is 1. The van der Waals surface area contributed by atoms with Gasteiger partial charge in [-0.05, 0) is 53.8 Å². The van der Waals surface area contributed by atoms with Gasteiger partial charge in [-0.25, -0.2) is 9.78 Å². The maximum Gasteiger partial charge on any atom is 0.336 e. The molecule has 2 aliphatic rings. The molecular weight excluding hydrogens is 330 g/mol. The Balaban J connectivity index is 1.67. The Labute approximate surface area is 149 Å². The van der Waals surface area contributed by atoms with Crippen LogP contribution in [-0.4, -0.2) is 22.9 Å². The van der Waals surface area contributed by atoms with Gasteiger partial charge >= 0.3 is 5.97 Å². The fourth-order valence-corrected chi connectivity index (χ4v) is 3.73. The summed E-state index contributed by atoms with van der Waals surface area (Å²) >= 11 is 0. The van der Waals surface area contributed by atoms with Crippen LogP contribution in [0, 0.1) is 0 Å². The average molecular weight is 345 g/mol. The highest BCUT2D eigenvalue weighted by atomic mass is 16.7. The lowest BCUT2D eigenvalue weighted by Crippen LogP contribution is -2.05. The first-order valence-electron chi connectivity index (χ1n) is 8.46. The smallest absolute Gasteiger partial charge is 0.336 e. The van der Waals surface area contributed by atoms with Gasteiger partial charge in [0.15, 0.2) is 11.5 Å². The Morgan fingerprint density at radius 3 is 2.81 bits per heavy atom. The largest absolute Gasteiger partial charge is 0.478 e. The van der Waals surface area contributed by atoms with Gasteiger partial charge in [-0.2, -0.15) is 0 Å². The van der Waals surface area contributed by atoms with Crippen LogP contribution in [0.3, 0.4) is 0 Å². The van der Waals surface area contributed by atoms with Gasteiger partial charge in [-0.1, -0.05) is 24.3 Å². The summed E-state index contributed by atoms with van der Waals surface area (Å²) in [5, 5.41) is 10.4. The van der Waals surface area contributed by atoms with E-state index in [0.717, 1.165) is 40.3 Å². The van der Waals surface area contributed by atoms with Crippen LogP contribution in [0.4, 0.5) is 0 Å². The number of para-hydroxylation sites is 1. The molecule has 0 atom stereocenters. The van der Waals surface area contributed by atoms with Crippen LogP contribution in [-0.2, 0) is 6.42 Å². The normalized spacial score (nSPS) is 16.2. The number of hydrogen-bond acceptors (Lipinski definition) is 4. The van der Waals surface area contributed by atoms with Gasteiger partial charge in [0.05, 0.1) is 16.8 Å². The second kappa shape index (κ2) is 5.59. The van der Waals surface area contributed by atoms with Gasteiger partial charge in [0, 0.05) is 5.39 Å². The quantitative estimate of drug-likeness (QED) is 0.756. The Kier molecular flexibility index (Phi) is 3.22. The summed E-state index contributed by atoms with van der Waals surface area (Å²) in [6, 6.07) is 13.2. The summed E-state index contributed by atoms with van der Waals surface area (Å²) < 4.78 is 10.8. The van der Waals surface area contributed by atoms with Crippen molar-refractivity contribution in [3.63, 3.8) is 0 Å². The van der Waals surface area contributed by atoms with Crippen molar-refractivity contribution < 1.29 is 19.4 Å². The van der Waals surface area contributed by atoms with Crippen LogP contribution in [0.15, 0.2) is 42.5 Å². The summed E-state index contributed by atoms with van der Waals surface area (Å²) in [6.07, 6.45) is 3.51. The highest BCUT2D eigenvalue weighted by molar-refractivity contribution is 6.06. The molecule has 1 aliphatic carbocycles. The lowest BCUT2D eigenvalue weighted by molar-refractivity contribution is 0.0698. The minimum Gasteiger partial charge on any atom is -0.478 e. The maximum atomic E-state index is 11.9. The molecule has 0 amide bonds. The molecule has 0 fully saturated rings. The second-order valence-electron chi connectivity index (χ2n) is 6.42. The lowest BCUT2D eigenvalue weighted by Gasteiger charge is -2.09. The molecule has 128 valence electrons. The first-order valence-corrected chi connectivity index (χ1v) is 8.46. The Morgan fingerprint density at radius 1 is 1.08 bits per heavy atom. The number of rotatable bonds is 2. The molecule has 3 aromatic rings. The van der Waals surface area contributed by atoms with E-state index in [1.54, 1.807) is 0 Å². The van der Waals surface area contributed by atoms with Crippen LogP contribution >= 0.6 is 0 Å². The van der Waals surface area contributed by atoms with Gasteiger partial charge in [0.2, 0.25) is 6.79 Å². The predicted molar refractivity (Wildman–Crippen MR) is 97.5 cm³/mol. The number of carbonyl (C=O) groups is 1. The molecule has 0 radical (unpaired) electrons. The van der Waals surface area contributed by atoms with E-state index in [-0.39, 0.29) is 6.79 Å². The Bertz CT molecular complexity index is 1100. The molecule has 0 unspecified atom stereocenters. The molecule has 1 aliphatic heterocycles. The highest BCUT2D eigenvalue weighted by Crippen LogP contribution is 2.39. The number of carboxylic acids is 1. The van der Waals surface area contributed by atoms with Crippen molar-refractivity contribution in [1.82, 2.24) is 4.98 Å². The van der Waals surface area contributed by atoms with Gasteiger partial charge in [0.1, 0.15) is 0 Å². The number of benzene rings is 2. The SMILES string of the molecule is O=C(O)c1c2c(nc3ccccc13)C(=Cc1ccc3c(c1)OCO3)CC2. The molecule has 0 saturated heterocycles. The topological polar surface area (TPSA) is 68.7 Å². The van der Waals surface area contributed by atoms with Gasteiger partial charge < -0.3 is 14.6 Å². The first-order chi connectivity index (χ1) is 12.7. The zero-order valence-electron chi connectivity index (χ0n) is 13.9. The van der Waals surface area contributed by atoms with E-state index in [2.05, 4.69) is 6.08 Å². The zero-order chi connectivity index (χ0) is 17.7. The summed E-state index contributed by atoms with van der Waals surface area (Å²) in [6.45, 7) is 0.244. The third-order valence-corrected chi connectivity index (χ3v) is 4.89. The van der Waals surface area contributed by atoms with Crippen LogP contribution in [0.2, 0.25) is 0 Å². The maximum absolute atomic E-state index is 11.9. The highest BCUT2D eigenvalue weighted by Gasteiger charge is 2.26. The van der Waals surface area contributed by atoms with E-state index in [1.807, 2.05) is 42.5 Å². The van der Waals surface area contributed by atoms with Crippen molar-refractivity contribution in [3.8, 4) is 11.5 Å². The van der Waals surface area contributed by atoms with Gasteiger partial charge in [-0.15, -0.1) is 0 Å². The number of fused-ring (bicyclic) bond motifs is 3. The number of pyridine rings is 1. The average Bonchev–Trinajstić information content (AvgIpc) is 3.26. The molecule has 2 heterocycles. The first kappa shape index (κ1) is 15.0. The van der Waals surface area contributed by atoms with E-state index in [4.69, 9.17) is 14.5 Å². The third-order valence-electron chi connectivity index (χ3n) is 4.89. The van der Waals surface area contributed by atoms with Crippen LogP contribution < -0.4 is 9.47 Å². The molecule has 0 spiro atoms. The van der Waals surface area contributed by atoms with Crippen molar-refractivity contribution >= 4 is 28.5 Å². The molecule has 1 aromatic heterocycles. The van der Waals surface area contributed by atoms with Crippen molar-refractivity contribution in [1.29, 1.82) is 0 Å². The fraction of sp³-hybridized carbons (Fsp3) is 0.143. The standard InChI is InChI=1S/C21H15NO4/c23-21(24)19-14-3-1-2-4-16(14)22-20-13(6-7-15(19)20)9-12-5-8-17-18(10-12)26-11-25-17/h1-5,8-10H,6-7,11H2,(H,23,24).